The second kappa shape index (κ2) is 8.03. The molecule has 0 bridgehead atoms. The lowest BCUT2D eigenvalue weighted by Gasteiger charge is -2.38. The van der Waals surface area contributed by atoms with E-state index in [4.69, 9.17) is 10.5 Å². The first-order valence-corrected chi connectivity index (χ1v) is 9.99. The molecule has 7 heteroatoms. The van der Waals surface area contributed by atoms with E-state index in [1.165, 1.54) is 11.1 Å². The quantitative estimate of drug-likeness (QED) is 0.835. The van der Waals surface area contributed by atoms with Crippen molar-refractivity contribution in [3.8, 4) is 5.75 Å². The van der Waals surface area contributed by atoms with Crippen LogP contribution in [0.3, 0.4) is 0 Å². The third-order valence-electron chi connectivity index (χ3n) is 5.45. The summed E-state index contributed by atoms with van der Waals surface area (Å²) in [6.45, 7) is 6.14. The summed E-state index contributed by atoms with van der Waals surface area (Å²) < 4.78 is 5.45. The van der Waals surface area contributed by atoms with Crippen molar-refractivity contribution >= 4 is 23.3 Å². The van der Waals surface area contributed by atoms with Crippen molar-refractivity contribution < 1.29 is 4.74 Å². The second-order valence-electron chi connectivity index (χ2n) is 7.48. The Morgan fingerprint density at radius 2 is 1.86 bits per heavy atom. The molecule has 0 aliphatic carbocycles. The molecule has 0 aromatic heterocycles. The molecule has 1 fully saturated rings. The van der Waals surface area contributed by atoms with Crippen molar-refractivity contribution in [1.29, 1.82) is 0 Å². The Balaban J connectivity index is 1.74. The lowest BCUT2D eigenvalue weighted by molar-refractivity contribution is 0.414. The second-order valence-corrected chi connectivity index (χ2v) is 7.48. The zero-order valence-corrected chi connectivity index (χ0v) is 17.2. The molecule has 29 heavy (non-hydrogen) atoms. The van der Waals surface area contributed by atoms with E-state index in [0.717, 1.165) is 49.0 Å². The van der Waals surface area contributed by atoms with Crippen molar-refractivity contribution in [1.82, 2.24) is 4.90 Å². The van der Waals surface area contributed by atoms with E-state index in [9.17, 15) is 0 Å². The smallest absolute Gasteiger partial charge is 0.222 e. The molecule has 2 heterocycles. The lowest BCUT2D eigenvalue weighted by Crippen LogP contribution is -2.54. The molecule has 2 aliphatic heterocycles. The van der Waals surface area contributed by atoms with Crippen LogP contribution in [0.25, 0.3) is 0 Å². The fourth-order valence-electron chi connectivity index (χ4n) is 3.71. The highest BCUT2D eigenvalue weighted by Gasteiger charge is 2.32. The molecular weight excluding hydrogens is 364 g/mol. The number of likely N-dealkylation sites (tertiary alicyclic amines) is 1. The number of guanidine groups is 2. The summed E-state index contributed by atoms with van der Waals surface area (Å²) in [7, 11) is 1.67. The number of methoxy groups -OCH3 is 1. The first-order valence-electron chi connectivity index (χ1n) is 9.99. The number of nitrogens with zero attached hydrogens (tertiary/aromatic N) is 4. The van der Waals surface area contributed by atoms with E-state index in [1.807, 2.05) is 24.3 Å². The zero-order valence-electron chi connectivity index (χ0n) is 17.2. The number of hydrogen-bond donors (Lipinski definition) is 2. The van der Waals surface area contributed by atoms with Gasteiger partial charge >= 0.3 is 0 Å². The summed E-state index contributed by atoms with van der Waals surface area (Å²) in [6.07, 6.45) is 1.89. The Labute approximate surface area is 171 Å². The average molecular weight is 393 g/mol. The minimum Gasteiger partial charge on any atom is -0.497 e. The zero-order chi connectivity index (χ0) is 20.4. The number of hydrogen-bond acceptors (Lipinski definition) is 7. The van der Waals surface area contributed by atoms with E-state index in [0.29, 0.717) is 0 Å². The SMILES string of the molecule is COc1cccc(N2C(N3CCCC3)=NC(N)=NC2Nc2ccc(C)c(C)c2)c1. The molecule has 0 saturated carbocycles. The standard InChI is InChI=1S/C22H28N6O/c1-15-9-10-17(13-16(15)2)24-21-25-20(23)26-22(27-11-4-5-12-27)28(21)18-7-6-8-19(14-18)29-3/h6-10,13-14,21,24H,4-5,11-12H2,1-3H3,(H2,23,25). The molecule has 0 amide bonds. The van der Waals surface area contributed by atoms with Gasteiger partial charge in [-0.25, -0.2) is 4.99 Å². The van der Waals surface area contributed by atoms with Gasteiger partial charge in [0.25, 0.3) is 0 Å². The fraction of sp³-hybridized carbons (Fsp3) is 0.364. The normalized spacial score (nSPS) is 19.1. The summed E-state index contributed by atoms with van der Waals surface area (Å²) in [5.74, 6) is 1.90. The number of benzene rings is 2. The molecule has 2 aromatic carbocycles. The monoisotopic (exact) mass is 392 g/mol. The number of rotatable bonds is 4. The Morgan fingerprint density at radius 3 is 2.59 bits per heavy atom. The maximum absolute atomic E-state index is 6.13. The van der Waals surface area contributed by atoms with Crippen LogP contribution in [-0.4, -0.2) is 43.3 Å². The van der Waals surface area contributed by atoms with E-state index < -0.39 is 6.29 Å². The van der Waals surface area contributed by atoms with Crippen LogP contribution in [0.4, 0.5) is 11.4 Å². The van der Waals surface area contributed by atoms with Gasteiger partial charge in [0.2, 0.25) is 18.2 Å². The molecule has 1 atom stereocenters. The van der Waals surface area contributed by atoms with Gasteiger partial charge in [0.1, 0.15) is 5.75 Å². The number of aryl methyl sites for hydroxylation is 2. The van der Waals surface area contributed by atoms with Crippen LogP contribution in [0.5, 0.6) is 5.75 Å². The summed E-state index contributed by atoms with van der Waals surface area (Å²) in [4.78, 5) is 13.6. The van der Waals surface area contributed by atoms with E-state index in [-0.39, 0.29) is 5.96 Å². The molecule has 3 N–H and O–H groups in total. The van der Waals surface area contributed by atoms with Crippen LogP contribution >= 0.6 is 0 Å². The predicted octanol–water partition coefficient (Wildman–Crippen LogP) is 3.29. The van der Waals surface area contributed by atoms with Gasteiger partial charge in [-0.05, 0) is 62.1 Å². The van der Waals surface area contributed by atoms with Crippen molar-refractivity contribution in [3.63, 3.8) is 0 Å². The molecular formula is C22H28N6O. The van der Waals surface area contributed by atoms with Gasteiger partial charge in [0, 0.05) is 24.8 Å². The third-order valence-corrected chi connectivity index (χ3v) is 5.45. The minimum atomic E-state index is -0.405. The van der Waals surface area contributed by atoms with E-state index in [2.05, 4.69) is 57.1 Å². The Bertz CT molecular complexity index is 948. The van der Waals surface area contributed by atoms with Crippen molar-refractivity contribution in [3.05, 3.63) is 53.6 Å². The van der Waals surface area contributed by atoms with Crippen LogP contribution in [0.1, 0.15) is 24.0 Å². The number of anilines is 2. The van der Waals surface area contributed by atoms with Crippen molar-refractivity contribution in [2.45, 2.75) is 33.0 Å². The van der Waals surface area contributed by atoms with Gasteiger partial charge in [-0.3, -0.25) is 4.90 Å². The van der Waals surface area contributed by atoms with Crippen LogP contribution in [0.2, 0.25) is 0 Å². The van der Waals surface area contributed by atoms with Crippen LogP contribution in [-0.2, 0) is 0 Å². The average Bonchev–Trinajstić information content (AvgIpc) is 3.25. The summed E-state index contributed by atoms with van der Waals surface area (Å²) in [5.41, 5.74) is 10.6. The van der Waals surface area contributed by atoms with Crippen LogP contribution in [0, 0.1) is 13.8 Å². The lowest BCUT2D eigenvalue weighted by atomic mass is 10.1. The molecule has 0 spiro atoms. The predicted molar refractivity (Wildman–Crippen MR) is 119 cm³/mol. The maximum Gasteiger partial charge on any atom is 0.222 e. The Hall–Kier alpha value is -3.22. The summed E-state index contributed by atoms with van der Waals surface area (Å²) in [5, 5.41) is 3.53. The molecule has 4 rings (SSSR count). The largest absolute Gasteiger partial charge is 0.497 e. The first-order chi connectivity index (χ1) is 14.0. The third kappa shape index (κ3) is 3.99. The molecule has 1 unspecified atom stereocenters. The topological polar surface area (TPSA) is 78.5 Å². The fourth-order valence-corrected chi connectivity index (χ4v) is 3.71. The molecule has 7 nitrogen and oxygen atoms in total. The van der Waals surface area contributed by atoms with Gasteiger partial charge in [-0.1, -0.05) is 12.1 Å². The highest BCUT2D eigenvalue weighted by molar-refractivity contribution is 6.06. The van der Waals surface area contributed by atoms with Gasteiger partial charge in [0.05, 0.1) is 12.8 Å². The Kier molecular flexibility index (Phi) is 5.29. The number of ether oxygens (including phenoxy) is 1. The molecule has 2 aliphatic rings. The summed E-state index contributed by atoms with van der Waals surface area (Å²) in [6, 6.07) is 14.3. The molecule has 2 aromatic rings. The minimum absolute atomic E-state index is 0.285. The van der Waals surface area contributed by atoms with Gasteiger partial charge < -0.3 is 20.7 Å². The highest BCUT2D eigenvalue weighted by atomic mass is 16.5. The molecule has 1 saturated heterocycles. The molecule has 0 radical (unpaired) electrons. The summed E-state index contributed by atoms with van der Waals surface area (Å²) >= 11 is 0. The Morgan fingerprint density at radius 1 is 1.07 bits per heavy atom. The van der Waals surface area contributed by atoms with Crippen LogP contribution in [0.15, 0.2) is 52.4 Å². The first kappa shape index (κ1) is 19.1. The van der Waals surface area contributed by atoms with Gasteiger partial charge in [-0.15, -0.1) is 0 Å². The van der Waals surface area contributed by atoms with Crippen LogP contribution < -0.4 is 20.7 Å². The van der Waals surface area contributed by atoms with E-state index >= 15 is 0 Å². The van der Waals surface area contributed by atoms with E-state index in [1.54, 1.807) is 7.11 Å². The van der Waals surface area contributed by atoms with Gasteiger partial charge in [-0.2, -0.15) is 4.99 Å². The maximum atomic E-state index is 6.13. The number of nitrogens with one attached hydrogen (secondary N) is 1. The number of nitrogens with two attached hydrogens (primary N) is 1. The molecule has 152 valence electrons. The van der Waals surface area contributed by atoms with Crippen molar-refractivity contribution in [2.24, 2.45) is 15.7 Å². The van der Waals surface area contributed by atoms with Gasteiger partial charge in [0.15, 0.2) is 0 Å². The highest BCUT2D eigenvalue weighted by Crippen LogP contribution is 2.28. The van der Waals surface area contributed by atoms with Crippen molar-refractivity contribution in [2.75, 3.05) is 30.4 Å². The number of aliphatic imine (C=N–C) groups is 2.